The van der Waals surface area contributed by atoms with Gasteiger partial charge in [0.05, 0.1) is 5.56 Å². The monoisotopic (exact) mass is 316 g/mol. The van der Waals surface area contributed by atoms with Crippen LogP contribution >= 0.6 is 0 Å². The van der Waals surface area contributed by atoms with Gasteiger partial charge in [0, 0.05) is 23.6 Å². The molecule has 116 valence electrons. The summed E-state index contributed by atoms with van der Waals surface area (Å²) in [6.45, 7) is 1.75. The van der Waals surface area contributed by atoms with Gasteiger partial charge < -0.3 is 9.15 Å². The van der Waals surface area contributed by atoms with Crippen LogP contribution in [0, 0.1) is 18.6 Å². The Kier molecular flexibility index (Phi) is 3.65. The van der Waals surface area contributed by atoms with E-state index in [1.165, 1.54) is 18.2 Å². The van der Waals surface area contributed by atoms with Crippen LogP contribution in [0.15, 0.2) is 51.7 Å². The number of carbonyl (C=O) groups excluding carboxylic acids is 1. The van der Waals surface area contributed by atoms with E-state index in [1.54, 1.807) is 13.0 Å². The standard InChI is InChI=1S/C17H10F2O4/c1-9-6-16(20)23-15-8-11(3-5-12(9)15)22-17(21)13-4-2-10(18)7-14(13)19/h2-8H,1H3. The summed E-state index contributed by atoms with van der Waals surface area (Å²) >= 11 is 0. The summed E-state index contributed by atoms with van der Waals surface area (Å²) in [5.74, 6) is -2.70. The lowest BCUT2D eigenvalue weighted by Gasteiger charge is -2.07. The Morgan fingerprint density at radius 1 is 1.09 bits per heavy atom. The van der Waals surface area contributed by atoms with Gasteiger partial charge in [-0.1, -0.05) is 0 Å². The Hall–Kier alpha value is -3.02. The third-order valence-electron chi connectivity index (χ3n) is 3.28. The van der Waals surface area contributed by atoms with Crippen LogP contribution in [0.1, 0.15) is 15.9 Å². The zero-order valence-corrected chi connectivity index (χ0v) is 11.9. The summed E-state index contributed by atoms with van der Waals surface area (Å²) in [7, 11) is 0. The first-order chi connectivity index (χ1) is 10.9. The largest absolute Gasteiger partial charge is 0.423 e. The summed E-state index contributed by atoms with van der Waals surface area (Å²) in [5, 5.41) is 0.692. The molecule has 0 saturated carbocycles. The van der Waals surface area contributed by atoms with Crippen LogP contribution in [0.2, 0.25) is 0 Å². The molecule has 0 aliphatic carbocycles. The average Bonchev–Trinajstić information content (AvgIpc) is 2.46. The second-order valence-corrected chi connectivity index (χ2v) is 4.92. The van der Waals surface area contributed by atoms with Crippen molar-refractivity contribution < 1.29 is 22.7 Å². The second kappa shape index (κ2) is 5.64. The predicted molar refractivity (Wildman–Crippen MR) is 78.5 cm³/mol. The minimum atomic E-state index is -1.02. The van der Waals surface area contributed by atoms with Gasteiger partial charge in [-0.25, -0.2) is 18.4 Å². The van der Waals surface area contributed by atoms with E-state index in [4.69, 9.17) is 9.15 Å². The first-order valence-electron chi connectivity index (χ1n) is 6.66. The second-order valence-electron chi connectivity index (χ2n) is 4.92. The maximum Gasteiger partial charge on any atom is 0.346 e. The zero-order valence-electron chi connectivity index (χ0n) is 11.9. The van der Waals surface area contributed by atoms with Crippen LogP contribution in [0.3, 0.4) is 0 Å². The van der Waals surface area contributed by atoms with Crippen molar-refractivity contribution in [2.24, 2.45) is 0 Å². The molecule has 0 fully saturated rings. The normalized spacial score (nSPS) is 10.7. The highest BCUT2D eigenvalue weighted by atomic mass is 19.1. The van der Waals surface area contributed by atoms with E-state index >= 15 is 0 Å². The molecule has 4 nitrogen and oxygen atoms in total. The zero-order chi connectivity index (χ0) is 16.6. The minimum Gasteiger partial charge on any atom is -0.423 e. The molecule has 0 saturated heterocycles. The highest BCUT2D eigenvalue weighted by Crippen LogP contribution is 2.23. The Balaban J connectivity index is 1.95. The summed E-state index contributed by atoms with van der Waals surface area (Å²) < 4.78 is 36.5. The molecule has 1 heterocycles. The number of benzene rings is 2. The van der Waals surface area contributed by atoms with E-state index in [9.17, 15) is 18.4 Å². The van der Waals surface area contributed by atoms with Crippen LogP contribution in [-0.2, 0) is 0 Å². The van der Waals surface area contributed by atoms with Crippen LogP contribution in [0.4, 0.5) is 8.78 Å². The molecule has 2 aromatic carbocycles. The Morgan fingerprint density at radius 2 is 1.87 bits per heavy atom. The summed E-state index contributed by atoms with van der Waals surface area (Å²) in [6, 6.07) is 8.39. The van der Waals surface area contributed by atoms with E-state index in [0.717, 1.165) is 17.7 Å². The van der Waals surface area contributed by atoms with Crippen molar-refractivity contribution in [3.05, 3.63) is 75.6 Å². The first-order valence-corrected chi connectivity index (χ1v) is 6.66. The topological polar surface area (TPSA) is 56.5 Å². The number of carbonyl (C=O) groups is 1. The van der Waals surface area contributed by atoms with E-state index in [2.05, 4.69) is 0 Å². The molecule has 1 aromatic heterocycles. The van der Waals surface area contributed by atoms with Crippen molar-refractivity contribution >= 4 is 16.9 Å². The molecule has 0 atom stereocenters. The Bertz CT molecular complexity index is 976. The lowest BCUT2D eigenvalue weighted by atomic mass is 10.1. The third kappa shape index (κ3) is 2.96. The van der Waals surface area contributed by atoms with Crippen molar-refractivity contribution in [1.82, 2.24) is 0 Å². The molecule has 23 heavy (non-hydrogen) atoms. The summed E-state index contributed by atoms with van der Waals surface area (Å²) in [4.78, 5) is 23.3. The van der Waals surface area contributed by atoms with Crippen molar-refractivity contribution in [2.75, 3.05) is 0 Å². The number of halogens is 2. The van der Waals surface area contributed by atoms with Crippen molar-refractivity contribution in [1.29, 1.82) is 0 Å². The van der Waals surface area contributed by atoms with Gasteiger partial charge in [-0.05, 0) is 36.8 Å². The van der Waals surface area contributed by atoms with E-state index in [1.807, 2.05) is 0 Å². The molecule has 0 aliphatic rings. The Labute approximate surface area is 128 Å². The molecule has 3 rings (SSSR count). The van der Waals surface area contributed by atoms with E-state index < -0.39 is 28.8 Å². The van der Waals surface area contributed by atoms with Gasteiger partial charge in [-0.2, -0.15) is 0 Å². The van der Waals surface area contributed by atoms with Gasteiger partial charge in [0.2, 0.25) is 0 Å². The quantitative estimate of drug-likeness (QED) is 0.412. The van der Waals surface area contributed by atoms with Crippen molar-refractivity contribution in [2.45, 2.75) is 6.92 Å². The van der Waals surface area contributed by atoms with Crippen molar-refractivity contribution in [3.8, 4) is 5.75 Å². The highest BCUT2D eigenvalue weighted by Gasteiger charge is 2.15. The van der Waals surface area contributed by atoms with E-state index in [0.29, 0.717) is 11.5 Å². The molecule has 0 unspecified atom stereocenters. The molecule has 3 aromatic rings. The molecule has 0 radical (unpaired) electrons. The van der Waals surface area contributed by atoms with Crippen LogP contribution in [-0.4, -0.2) is 5.97 Å². The average molecular weight is 316 g/mol. The van der Waals surface area contributed by atoms with Gasteiger partial charge in [0.25, 0.3) is 0 Å². The van der Waals surface area contributed by atoms with Crippen LogP contribution in [0.5, 0.6) is 5.75 Å². The molecule has 6 heteroatoms. The SMILES string of the molecule is Cc1cc(=O)oc2cc(OC(=O)c3ccc(F)cc3F)ccc12. The molecular formula is C17H10F2O4. The van der Waals surface area contributed by atoms with Gasteiger partial charge in [-0.3, -0.25) is 0 Å². The molecule has 0 spiro atoms. The van der Waals surface area contributed by atoms with Crippen LogP contribution in [0.25, 0.3) is 11.0 Å². The minimum absolute atomic E-state index is 0.0833. The molecule has 0 N–H and O–H groups in total. The fourth-order valence-corrected chi connectivity index (χ4v) is 2.19. The maximum atomic E-state index is 13.6. The molecule has 0 aliphatic heterocycles. The number of rotatable bonds is 2. The number of hydrogen-bond donors (Lipinski definition) is 0. The fourth-order valence-electron chi connectivity index (χ4n) is 2.19. The number of esters is 1. The van der Waals surface area contributed by atoms with E-state index in [-0.39, 0.29) is 11.3 Å². The lowest BCUT2D eigenvalue weighted by molar-refractivity contribution is 0.0730. The maximum absolute atomic E-state index is 13.6. The predicted octanol–water partition coefficient (Wildman–Crippen LogP) is 3.60. The van der Waals surface area contributed by atoms with Gasteiger partial charge in [0.1, 0.15) is 23.0 Å². The Morgan fingerprint density at radius 3 is 2.61 bits per heavy atom. The highest BCUT2D eigenvalue weighted by molar-refractivity contribution is 5.92. The summed E-state index contributed by atoms with van der Waals surface area (Å²) in [6.07, 6.45) is 0. The number of fused-ring (bicyclic) bond motifs is 1. The fraction of sp³-hybridized carbons (Fsp3) is 0.0588. The molecular weight excluding hydrogens is 306 g/mol. The summed E-state index contributed by atoms with van der Waals surface area (Å²) in [5.41, 5.74) is 0.0545. The smallest absolute Gasteiger partial charge is 0.346 e. The van der Waals surface area contributed by atoms with Gasteiger partial charge in [0.15, 0.2) is 0 Å². The van der Waals surface area contributed by atoms with Gasteiger partial charge in [-0.15, -0.1) is 0 Å². The first kappa shape index (κ1) is 14.9. The number of aryl methyl sites for hydroxylation is 1. The van der Waals surface area contributed by atoms with Crippen molar-refractivity contribution in [3.63, 3.8) is 0 Å². The molecule has 0 bridgehead atoms. The lowest BCUT2D eigenvalue weighted by Crippen LogP contribution is -2.11. The molecule has 0 amide bonds. The number of hydrogen-bond acceptors (Lipinski definition) is 4. The van der Waals surface area contributed by atoms with Crippen LogP contribution < -0.4 is 10.4 Å². The number of ether oxygens (including phenoxy) is 1. The van der Waals surface area contributed by atoms with Gasteiger partial charge >= 0.3 is 11.6 Å². The third-order valence-corrected chi connectivity index (χ3v) is 3.28.